The molecule has 1 aliphatic heterocycles. The minimum atomic E-state index is -0.111. The van der Waals surface area contributed by atoms with Crippen LogP contribution in [0, 0.1) is 11.3 Å². The average Bonchev–Trinajstić information content (AvgIpc) is 3.05. The number of hydrogen-bond donors (Lipinski definition) is 1. The number of H-pyrrole nitrogens is 1. The molecule has 1 fully saturated rings. The van der Waals surface area contributed by atoms with Crippen molar-refractivity contribution in [1.29, 1.82) is 5.26 Å². The maximum absolute atomic E-state index is 9.21. The Balaban J connectivity index is 1.67. The van der Waals surface area contributed by atoms with E-state index in [1.807, 2.05) is 24.3 Å². The molecule has 2 aromatic rings. The van der Waals surface area contributed by atoms with Gasteiger partial charge in [0.1, 0.15) is 11.9 Å². The number of nitrogens with zero attached hydrogens (tertiary/aromatic N) is 4. The lowest BCUT2D eigenvalue weighted by Crippen LogP contribution is -2.38. The van der Waals surface area contributed by atoms with E-state index in [-0.39, 0.29) is 6.10 Å². The molecule has 1 saturated heterocycles. The van der Waals surface area contributed by atoms with Gasteiger partial charge >= 0.3 is 0 Å². The smallest absolute Gasteiger partial charge is 0.180 e. The zero-order valence-electron chi connectivity index (χ0n) is 13.3. The number of aromatic nitrogens is 3. The molecule has 0 radical (unpaired) electrons. The molecule has 0 amide bonds. The van der Waals surface area contributed by atoms with Gasteiger partial charge in [0.05, 0.1) is 18.2 Å². The summed E-state index contributed by atoms with van der Waals surface area (Å²) >= 11 is 0. The average molecular weight is 311 g/mol. The van der Waals surface area contributed by atoms with Crippen molar-refractivity contribution in [3.8, 4) is 6.07 Å². The number of aromatic amines is 1. The largest absolute Gasteiger partial charge is 0.367 e. The molecule has 6 heteroatoms. The fourth-order valence-corrected chi connectivity index (χ4v) is 2.81. The number of benzene rings is 1. The van der Waals surface area contributed by atoms with E-state index in [1.54, 1.807) is 0 Å². The minimum absolute atomic E-state index is 0.111. The second kappa shape index (κ2) is 7.36. The van der Waals surface area contributed by atoms with Crippen molar-refractivity contribution < 1.29 is 4.74 Å². The van der Waals surface area contributed by atoms with Gasteiger partial charge in [-0.2, -0.15) is 10.4 Å². The van der Waals surface area contributed by atoms with Crippen LogP contribution in [0.5, 0.6) is 0 Å². The van der Waals surface area contributed by atoms with Gasteiger partial charge in [-0.1, -0.05) is 25.1 Å². The topological polar surface area (TPSA) is 77.8 Å². The van der Waals surface area contributed by atoms with Gasteiger partial charge in [0.25, 0.3) is 0 Å². The first kappa shape index (κ1) is 15.7. The molecule has 0 bridgehead atoms. The van der Waals surface area contributed by atoms with Crippen LogP contribution in [0.4, 0.5) is 0 Å². The van der Waals surface area contributed by atoms with Crippen molar-refractivity contribution in [3.63, 3.8) is 0 Å². The Morgan fingerprint density at radius 1 is 1.43 bits per heavy atom. The lowest BCUT2D eigenvalue weighted by molar-refractivity contribution is -0.0371. The lowest BCUT2D eigenvalue weighted by Gasteiger charge is -2.31. The Morgan fingerprint density at radius 2 is 2.30 bits per heavy atom. The Labute approximate surface area is 136 Å². The summed E-state index contributed by atoms with van der Waals surface area (Å²) in [6, 6.07) is 10.00. The van der Waals surface area contributed by atoms with Gasteiger partial charge in [-0.3, -0.25) is 10.00 Å². The summed E-state index contributed by atoms with van der Waals surface area (Å²) in [7, 11) is 0. The van der Waals surface area contributed by atoms with E-state index in [1.165, 1.54) is 0 Å². The summed E-state index contributed by atoms with van der Waals surface area (Å²) in [4.78, 5) is 6.82. The Kier molecular flexibility index (Phi) is 5.01. The number of nitriles is 1. The second-order valence-corrected chi connectivity index (χ2v) is 5.75. The van der Waals surface area contributed by atoms with E-state index in [9.17, 15) is 5.26 Å². The third-order valence-electron chi connectivity index (χ3n) is 4.01. The second-order valence-electron chi connectivity index (χ2n) is 5.75. The minimum Gasteiger partial charge on any atom is -0.367 e. The molecule has 1 N–H and O–H groups in total. The SMILES string of the molecule is CCCc1nc(C2CN(Cc3ccccc3C#N)CCO2)n[nH]1. The summed E-state index contributed by atoms with van der Waals surface area (Å²) < 4.78 is 5.83. The van der Waals surface area contributed by atoms with Crippen LogP contribution in [0.15, 0.2) is 24.3 Å². The van der Waals surface area contributed by atoms with Crippen molar-refractivity contribution in [2.75, 3.05) is 19.7 Å². The molecule has 3 rings (SSSR count). The predicted molar refractivity (Wildman–Crippen MR) is 85.5 cm³/mol. The lowest BCUT2D eigenvalue weighted by atomic mass is 10.1. The highest BCUT2D eigenvalue weighted by Gasteiger charge is 2.25. The number of nitrogens with one attached hydrogen (secondary N) is 1. The van der Waals surface area contributed by atoms with Crippen LogP contribution in [0.3, 0.4) is 0 Å². The molecular formula is C17H21N5O. The number of hydrogen-bond acceptors (Lipinski definition) is 5. The molecule has 120 valence electrons. The highest BCUT2D eigenvalue weighted by atomic mass is 16.5. The molecule has 1 unspecified atom stereocenters. The first-order valence-corrected chi connectivity index (χ1v) is 8.03. The van der Waals surface area contributed by atoms with Crippen molar-refractivity contribution >= 4 is 0 Å². The zero-order chi connectivity index (χ0) is 16.1. The van der Waals surface area contributed by atoms with Crippen LogP contribution in [0.1, 0.15) is 42.2 Å². The Bertz CT molecular complexity index is 690. The van der Waals surface area contributed by atoms with E-state index in [0.29, 0.717) is 6.61 Å². The Hall–Kier alpha value is -2.23. The Morgan fingerprint density at radius 3 is 3.13 bits per heavy atom. The van der Waals surface area contributed by atoms with Gasteiger partial charge in [0.2, 0.25) is 0 Å². The first-order chi connectivity index (χ1) is 11.3. The summed E-state index contributed by atoms with van der Waals surface area (Å²) in [6.45, 7) is 5.10. The number of ether oxygens (including phenoxy) is 1. The zero-order valence-corrected chi connectivity index (χ0v) is 13.3. The van der Waals surface area contributed by atoms with Crippen LogP contribution < -0.4 is 0 Å². The van der Waals surface area contributed by atoms with Gasteiger partial charge in [-0.05, 0) is 18.1 Å². The first-order valence-electron chi connectivity index (χ1n) is 8.03. The predicted octanol–water partition coefficient (Wildman–Crippen LogP) is 2.20. The number of aryl methyl sites for hydroxylation is 1. The molecule has 1 aromatic carbocycles. The van der Waals surface area contributed by atoms with Crippen LogP contribution in [-0.2, 0) is 17.7 Å². The van der Waals surface area contributed by atoms with Crippen LogP contribution in [0.2, 0.25) is 0 Å². The standard InChI is InChI=1S/C17H21N5O/c1-2-5-16-19-17(21-20-16)15-12-22(8-9-23-15)11-14-7-4-3-6-13(14)10-18/h3-4,6-7,15H,2,5,8-9,11-12H2,1H3,(H,19,20,21). The van der Waals surface area contributed by atoms with Gasteiger partial charge in [0.15, 0.2) is 5.82 Å². The molecule has 2 heterocycles. The molecule has 1 atom stereocenters. The fraction of sp³-hybridized carbons (Fsp3) is 0.471. The molecule has 1 aromatic heterocycles. The maximum Gasteiger partial charge on any atom is 0.180 e. The third-order valence-corrected chi connectivity index (χ3v) is 4.01. The van der Waals surface area contributed by atoms with E-state index < -0.39 is 0 Å². The normalized spacial score (nSPS) is 18.7. The fourth-order valence-electron chi connectivity index (χ4n) is 2.81. The van der Waals surface area contributed by atoms with E-state index in [2.05, 4.69) is 33.1 Å². The van der Waals surface area contributed by atoms with Crippen LogP contribution >= 0.6 is 0 Å². The highest BCUT2D eigenvalue weighted by Crippen LogP contribution is 2.21. The summed E-state index contributed by atoms with van der Waals surface area (Å²) in [6.07, 6.45) is 1.83. The molecule has 0 saturated carbocycles. The van der Waals surface area contributed by atoms with Crippen molar-refractivity contribution in [1.82, 2.24) is 20.1 Å². The number of morpholine rings is 1. The molecule has 23 heavy (non-hydrogen) atoms. The quantitative estimate of drug-likeness (QED) is 0.916. The maximum atomic E-state index is 9.21. The van der Waals surface area contributed by atoms with Crippen molar-refractivity contribution in [3.05, 3.63) is 47.0 Å². The van der Waals surface area contributed by atoms with Crippen LogP contribution in [0.25, 0.3) is 0 Å². The van der Waals surface area contributed by atoms with Crippen molar-refractivity contribution in [2.45, 2.75) is 32.4 Å². The summed E-state index contributed by atoms with van der Waals surface area (Å²) in [5.41, 5.74) is 1.79. The third kappa shape index (κ3) is 3.76. The highest BCUT2D eigenvalue weighted by molar-refractivity contribution is 5.37. The number of rotatable bonds is 5. The molecule has 0 aliphatic carbocycles. The summed E-state index contributed by atoms with van der Waals surface area (Å²) in [5.74, 6) is 1.64. The monoisotopic (exact) mass is 311 g/mol. The molecule has 1 aliphatic rings. The summed E-state index contributed by atoms with van der Waals surface area (Å²) in [5, 5.41) is 16.5. The molecular weight excluding hydrogens is 290 g/mol. The van der Waals surface area contributed by atoms with Gasteiger partial charge in [0, 0.05) is 26.1 Å². The van der Waals surface area contributed by atoms with E-state index >= 15 is 0 Å². The molecule has 0 spiro atoms. The van der Waals surface area contributed by atoms with Gasteiger partial charge in [-0.15, -0.1) is 0 Å². The van der Waals surface area contributed by atoms with E-state index in [4.69, 9.17) is 4.74 Å². The van der Waals surface area contributed by atoms with Gasteiger partial charge < -0.3 is 4.74 Å². The van der Waals surface area contributed by atoms with Crippen LogP contribution in [-0.4, -0.2) is 39.8 Å². The van der Waals surface area contributed by atoms with Gasteiger partial charge in [-0.25, -0.2) is 4.98 Å². The molecule has 6 nitrogen and oxygen atoms in total. The van der Waals surface area contributed by atoms with E-state index in [0.717, 1.165) is 55.3 Å². The van der Waals surface area contributed by atoms with Crippen molar-refractivity contribution in [2.24, 2.45) is 0 Å².